The molecule has 0 aliphatic heterocycles. The topological polar surface area (TPSA) is 53.1 Å². The van der Waals surface area contributed by atoms with E-state index in [0.717, 1.165) is 27.2 Å². The van der Waals surface area contributed by atoms with E-state index in [2.05, 4.69) is 21.0 Å². The van der Waals surface area contributed by atoms with Gasteiger partial charge in [0.15, 0.2) is 0 Å². The summed E-state index contributed by atoms with van der Waals surface area (Å²) in [7, 11) is 1.89. The SMILES string of the molecule is Cc1nn(C)c(COc2ccc(Cl)cc2[C@H](C)N)c1Br. The first-order valence-corrected chi connectivity index (χ1v) is 7.43. The highest BCUT2D eigenvalue weighted by Gasteiger charge is 2.13. The zero-order valence-electron chi connectivity index (χ0n) is 11.7. The van der Waals surface area contributed by atoms with Gasteiger partial charge in [-0.3, -0.25) is 4.68 Å². The average Bonchev–Trinajstić information content (AvgIpc) is 2.62. The highest BCUT2D eigenvalue weighted by molar-refractivity contribution is 9.10. The number of nitrogens with zero attached hydrogens (tertiary/aromatic N) is 2. The van der Waals surface area contributed by atoms with Gasteiger partial charge in [0.05, 0.1) is 15.9 Å². The molecule has 0 bridgehead atoms. The molecule has 1 aromatic carbocycles. The molecule has 4 nitrogen and oxygen atoms in total. The number of aryl methyl sites for hydroxylation is 2. The van der Waals surface area contributed by atoms with Gasteiger partial charge in [-0.15, -0.1) is 0 Å². The fraction of sp³-hybridized carbons (Fsp3) is 0.357. The molecule has 0 saturated carbocycles. The number of rotatable bonds is 4. The Bertz CT molecular complexity index is 625. The van der Waals surface area contributed by atoms with Crippen LogP contribution in [0.1, 0.15) is 29.9 Å². The summed E-state index contributed by atoms with van der Waals surface area (Å²) in [6.45, 7) is 4.27. The number of aromatic nitrogens is 2. The molecule has 1 heterocycles. The molecule has 2 rings (SSSR count). The molecular formula is C14H17BrClN3O. The van der Waals surface area contributed by atoms with E-state index >= 15 is 0 Å². The number of halogens is 2. The van der Waals surface area contributed by atoms with Gasteiger partial charge >= 0.3 is 0 Å². The lowest BCUT2D eigenvalue weighted by molar-refractivity contribution is 0.290. The molecule has 108 valence electrons. The van der Waals surface area contributed by atoms with E-state index in [1.54, 1.807) is 10.7 Å². The number of hydrogen-bond donors (Lipinski definition) is 1. The molecule has 6 heteroatoms. The van der Waals surface area contributed by atoms with Crippen LogP contribution in [0.5, 0.6) is 5.75 Å². The van der Waals surface area contributed by atoms with Gasteiger partial charge in [0.25, 0.3) is 0 Å². The third-order valence-electron chi connectivity index (χ3n) is 3.09. The van der Waals surface area contributed by atoms with E-state index < -0.39 is 0 Å². The van der Waals surface area contributed by atoms with Crippen LogP contribution in [0.3, 0.4) is 0 Å². The number of hydrogen-bond acceptors (Lipinski definition) is 3. The van der Waals surface area contributed by atoms with E-state index in [-0.39, 0.29) is 6.04 Å². The van der Waals surface area contributed by atoms with Gasteiger partial charge < -0.3 is 10.5 Å². The van der Waals surface area contributed by atoms with Gasteiger partial charge in [0, 0.05) is 23.7 Å². The highest BCUT2D eigenvalue weighted by atomic mass is 79.9. The Hall–Kier alpha value is -1.04. The van der Waals surface area contributed by atoms with Gasteiger partial charge in [-0.2, -0.15) is 5.10 Å². The molecular weight excluding hydrogens is 342 g/mol. The Morgan fingerprint density at radius 1 is 1.50 bits per heavy atom. The van der Waals surface area contributed by atoms with Gasteiger partial charge in [-0.1, -0.05) is 11.6 Å². The summed E-state index contributed by atoms with van der Waals surface area (Å²) < 4.78 is 8.66. The maximum absolute atomic E-state index is 6.00. The first-order valence-electron chi connectivity index (χ1n) is 6.26. The molecule has 2 N–H and O–H groups in total. The summed E-state index contributed by atoms with van der Waals surface area (Å²) in [5.41, 5.74) is 8.77. The van der Waals surface area contributed by atoms with E-state index in [9.17, 15) is 0 Å². The minimum Gasteiger partial charge on any atom is -0.487 e. The number of ether oxygens (including phenoxy) is 1. The van der Waals surface area contributed by atoms with Gasteiger partial charge in [0.2, 0.25) is 0 Å². The van der Waals surface area contributed by atoms with E-state index in [1.807, 2.05) is 33.0 Å². The van der Waals surface area contributed by atoms with Gasteiger partial charge in [-0.05, 0) is 48.0 Å². The second-order valence-electron chi connectivity index (χ2n) is 4.73. The average molecular weight is 359 g/mol. The number of benzene rings is 1. The Morgan fingerprint density at radius 3 is 2.75 bits per heavy atom. The van der Waals surface area contributed by atoms with Crippen LogP contribution in [0.15, 0.2) is 22.7 Å². The first kappa shape index (κ1) is 15.4. The maximum Gasteiger partial charge on any atom is 0.131 e. The molecule has 2 aromatic rings. The lowest BCUT2D eigenvalue weighted by Crippen LogP contribution is -2.09. The summed E-state index contributed by atoms with van der Waals surface area (Å²) in [5, 5.41) is 4.99. The lowest BCUT2D eigenvalue weighted by Gasteiger charge is -2.14. The van der Waals surface area contributed by atoms with Crippen molar-refractivity contribution in [2.24, 2.45) is 12.8 Å². The van der Waals surface area contributed by atoms with E-state index in [4.69, 9.17) is 22.1 Å². The molecule has 0 radical (unpaired) electrons. The van der Waals surface area contributed by atoms with Crippen LogP contribution in [0.25, 0.3) is 0 Å². The van der Waals surface area contributed by atoms with E-state index in [0.29, 0.717) is 11.6 Å². The van der Waals surface area contributed by atoms with Crippen molar-refractivity contribution >= 4 is 27.5 Å². The molecule has 0 fully saturated rings. The molecule has 0 saturated heterocycles. The normalized spacial score (nSPS) is 12.5. The van der Waals surface area contributed by atoms with Gasteiger partial charge in [-0.25, -0.2) is 0 Å². The van der Waals surface area contributed by atoms with Crippen LogP contribution in [-0.2, 0) is 13.7 Å². The molecule has 20 heavy (non-hydrogen) atoms. The van der Waals surface area contributed by atoms with Crippen molar-refractivity contribution in [1.82, 2.24) is 9.78 Å². The monoisotopic (exact) mass is 357 g/mol. The van der Waals surface area contributed by atoms with Gasteiger partial charge in [0.1, 0.15) is 12.4 Å². The lowest BCUT2D eigenvalue weighted by atomic mass is 10.1. The summed E-state index contributed by atoms with van der Waals surface area (Å²) in [6, 6.07) is 5.34. The van der Waals surface area contributed by atoms with Crippen molar-refractivity contribution in [3.8, 4) is 5.75 Å². The van der Waals surface area contributed by atoms with Crippen LogP contribution >= 0.6 is 27.5 Å². The van der Waals surface area contributed by atoms with E-state index in [1.165, 1.54) is 0 Å². The van der Waals surface area contributed by atoms with Crippen LogP contribution < -0.4 is 10.5 Å². The molecule has 1 aromatic heterocycles. The standard InChI is InChI=1S/C14H17BrClN3O/c1-8(17)11-6-10(16)4-5-13(11)20-7-12-14(15)9(2)18-19(12)3/h4-6,8H,7,17H2,1-3H3/t8-/m0/s1. The summed E-state index contributed by atoms with van der Waals surface area (Å²) in [6.07, 6.45) is 0. The maximum atomic E-state index is 6.00. The minimum absolute atomic E-state index is 0.139. The van der Waals surface area contributed by atoms with Crippen LogP contribution in [-0.4, -0.2) is 9.78 Å². The Labute approximate surface area is 132 Å². The van der Waals surface area contributed by atoms with Crippen LogP contribution in [0.2, 0.25) is 5.02 Å². The Balaban J connectivity index is 2.23. The highest BCUT2D eigenvalue weighted by Crippen LogP contribution is 2.29. The van der Waals surface area contributed by atoms with Crippen molar-refractivity contribution in [2.45, 2.75) is 26.5 Å². The number of nitrogens with two attached hydrogens (primary N) is 1. The second-order valence-corrected chi connectivity index (χ2v) is 5.96. The van der Waals surface area contributed by atoms with Crippen molar-refractivity contribution in [2.75, 3.05) is 0 Å². The fourth-order valence-electron chi connectivity index (χ4n) is 1.99. The van der Waals surface area contributed by atoms with Crippen molar-refractivity contribution < 1.29 is 4.74 Å². The Morgan fingerprint density at radius 2 is 2.20 bits per heavy atom. The molecule has 1 atom stereocenters. The second kappa shape index (κ2) is 6.16. The molecule has 0 aliphatic rings. The van der Waals surface area contributed by atoms with Crippen molar-refractivity contribution in [3.05, 3.63) is 44.6 Å². The Kier molecular flexibility index (Phi) is 4.73. The predicted molar refractivity (Wildman–Crippen MR) is 84.0 cm³/mol. The summed E-state index contributed by atoms with van der Waals surface area (Å²) >= 11 is 9.52. The molecule has 0 spiro atoms. The third-order valence-corrected chi connectivity index (χ3v) is 4.36. The first-order chi connectivity index (χ1) is 9.40. The predicted octanol–water partition coefficient (Wildman–Crippen LogP) is 3.74. The summed E-state index contributed by atoms with van der Waals surface area (Å²) in [5.74, 6) is 0.746. The molecule has 0 amide bonds. The molecule has 0 unspecified atom stereocenters. The van der Waals surface area contributed by atoms with Crippen LogP contribution in [0, 0.1) is 6.92 Å². The molecule has 0 aliphatic carbocycles. The fourth-order valence-corrected chi connectivity index (χ4v) is 2.62. The minimum atomic E-state index is -0.139. The summed E-state index contributed by atoms with van der Waals surface area (Å²) in [4.78, 5) is 0. The third kappa shape index (κ3) is 3.16. The largest absolute Gasteiger partial charge is 0.487 e. The zero-order chi connectivity index (χ0) is 14.9. The van der Waals surface area contributed by atoms with Crippen LogP contribution in [0.4, 0.5) is 0 Å². The zero-order valence-corrected chi connectivity index (χ0v) is 14.0. The van der Waals surface area contributed by atoms with Crippen molar-refractivity contribution in [1.29, 1.82) is 0 Å². The van der Waals surface area contributed by atoms with Crippen molar-refractivity contribution in [3.63, 3.8) is 0 Å². The smallest absolute Gasteiger partial charge is 0.131 e. The quantitative estimate of drug-likeness (QED) is 0.905.